The smallest absolute Gasteiger partial charge is 0.323 e. The van der Waals surface area contributed by atoms with Crippen LogP contribution in [-0.2, 0) is 24.3 Å². The van der Waals surface area contributed by atoms with Crippen LogP contribution in [0.2, 0.25) is 0 Å². The van der Waals surface area contributed by atoms with E-state index in [0.29, 0.717) is 51.5 Å². The van der Waals surface area contributed by atoms with Crippen molar-refractivity contribution in [3.8, 4) is 0 Å². The van der Waals surface area contributed by atoms with Crippen molar-refractivity contribution in [1.29, 1.82) is 0 Å². The van der Waals surface area contributed by atoms with Gasteiger partial charge in [-0.25, -0.2) is 8.42 Å². The van der Waals surface area contributed by atoms with Gasteiger partial charge in [-0.3, -0.25) is 14.5 Å². The fourth-order valence-electron chi connectivity index (χ4n) is 4.98. The van der Waals surface area contributed by atoms with Gasteiger partial charge in [0.2, 0.25) is 15.9 Å². The molecule has 1 saturated carbocycles. The highest BCUT2D eigenvalue weighted by atomic mass is 35.5. The Morgan fingerprint density at radius 2 is 1.87 bits per heavy atom. The molecule has 172 valence electrons. The zero-order chi connectivity index (χ0) is 21.9. The number of ether oxygens (including phenoxy) is 1. The third-order valence-electron chi connectivity index (χ3n) is 6.91. The van der Waals surface area contributed by atoms with Gasteiger partial charge in [0, 0.05) is 24.5 Å². The minimum absolute atomic E-state index is 0.0212. The third-order valence-corrected chi connectivity index (χ3v) is 9.72. The lowest BCUT2D eigenvalue weighted by Gasteiger charge is -2.37. The molecule has 0 aromatic rings. The Morgan fingerprint density at radius 3 is 2.53 bits per heavy atom. The number of alkyl halides is 1. The van der Waals surface area contributed by atoms with Gasteiger partial charge in [0.1, 0.15) is 12.1 Å². The number of esters is 1. The predicted octanol–water partition coefficient (Wildman–Crippen LogP) is 1.47. The predicted molar refractivity (Wildman–Crippen MR) is 115 cm³/mol. The summed E-state index contributed by atoms with van der Waals surface area (Å²) in [5, 5.41) is 2.39. The van der Waals surface area contributed by atoms with E-state index in [1.165, 1.54) is 11.4 Å². The molecule has 30 heavy (non-hydrogen) atoms. The molecule has 3 atom stereocenters. The molecular weight excluding hydrogens is 430 g/mol. The maximum atomic E-state index is 13.7. The van der Waals surface area contributed by atoms with Gasteiger partial charge < -0.3 is 10.1 Å². The first-order chi connectivity index (χ1) is 14.3. The fraction of sp³-hybridized carbons (Fsp3) is 0.900. The second-order valence-electron chi connectivity index (χ2n) is 8.73. The maximum Gasteiger partial charge on any atom is 0.323 e. The third kappa shape index (κ3) is 5.11. The van der Waals surface area contributed by atoms with Gasteiger partial charge in [0.05, 0.1) is 12.4 Å². The van der Waals surface area contributed by atoms with Crippen molar-refractivity contribution >= 4 is 33.5 Å². The summed E-state index contributed by atoms with van der Waals surface area (Å²) in [6.07, 6.45) is 5.86. The van der Waals surface area contributed by atoms with Crippen molar-refractivity contribution < 1.29 is 22.7 Å². The van der Waals surface area contributed by atoms with Crippen LogP contribution in [0.4, 0.5) is 0 Å². The van der Waals surface area contributed by atoms with Crippen LogP contribution in [0.15, 0.2) is 0 Å². The van der Waals surface area contributed by atoms with Crippen LogP contribution < -0.4 is 5.32 Å². The van der Waals surface area contributed by atoms with Crippen molar-refractivity contribution in [2.75, 3.05) is 27.2 Å². The molecule has 1 aliphatic carbocycles. The van der Waals surface area contributed by atoms with E-state index in [2.05, 4.69) is 5.32 Å². The molecule has 8 nitrogen and oxygen atoms in total. The number of amides is 1. The molecule has 1 N–H and O–H groups in total. The number of carbonyl (C=O) groups excluding carboxylic acids is 2. The molecule has 0 aromatic heterocycles. The van der Waals surface area contributed by atoms with Crippen LogP contribution in [0.25, 0.3) is 0 Å². The minimum Gasteiger partial charge on any atom is -0.468 e. The molecule has 0 aromatic carbocycles. The number of nitrogens with one attached hydrogen (secondary N) is 1. The normalized spacial score (nSPS) is 33.9. The maximum absolute atomic E-state index is 13.7. The SMILES string of the molecule is COC(=O)C1CCC(CN([C@@H]2CCCCNC2=O)S(=O)(=O)C2CCC(Cl)CC2)N1C. The number of likely N-dealkylation sites (tertiary alicyclic amines) is 1. The van der Waals surface area contributed by atoms with Crippen LogP contribution in [0.1, 0.15) is 57.8 Å². The molecule has 10 heteroatoms. The number of hydrogen-bond donors (Lipinski definition) is 1. The molecule has 2 unspecified atom stereocenters. The van der Waals surface area contributed by atoms with Crippen LogP contribution >= 0.6 is 11.6 Å². The average Bonchev–Trinajstić information content (AvgIpc) is 2.95. The van der Waals surface area contributed by atoms with Crippen molar-refractivity contribution in [3.63, 3.8) is 0 Å². The Balaban J connectivity index is 1.84. The van der Waals surface area contributed by atoms with Crippen LogP contribution in [0, 0.1) is 0 Å². The average molecular weight is 464 g/mol. The summed E-state index contributed by atoms with van der Waals surface area (Å²) >= 11 is 6.20. The molecule has 3 fully saturated rings. The van der Waals surface area contributed by atoms with E-state index >= 15 is 0 Å². The van der Waals surface area contributed by atoms with E-state index in [9.17, 15) is 18.0 Å². The van der Waals surface area contributed by atoms with Gasteiger partial charge in [0.25, 0.3) is 0 Å². The van der Waals surface area contributed by atoms with Crippen LogP contribution in [-0.4, -0.2) is 85.5 Å². The summed E-state index contributed by atoms with van der Waals surface area (Å²) in [5.41, 5.74) is 0. The standard InChI is InChI=1S/C20H34ClN3O5S/c1-23-15(8-11-18(23)20(26)29-2)13-24(17-5-3-4-12-22-19(17)25)30(27,28)16-9-6-14(21)7-10-16/h14-18H,3-13H2,1-2H3,(H,22,25)/t14?,15?,16?,17-,18?/m1/s1. The fourth-order valence-corrected chi connectivity index (χ4v) is 7.42. The summed E-state index contributed by atoms with van der Waals surface area (Å²) in [5.74, 6) is -0.519. The van der Waals surface area contributed by atoms with Crippen molar-refractivity contribution in [3.05, 3.63) is 0 Å². The Hall–Kier alpha value is -0.900. The number of methoxy groups -OCH3 is 1. The highest BCUT2D eigenvalue weighted by molar-refractivity contribution is 7.89. The lowest BCUT2D eigenvalue weighted by molar-refractivity contribution is -0.145. The van der Waals surface area contributed by atoms with Crippen LogP contribution in [0.3, 0.4) is 0 Å². The molecule has 2 saturated heterocycles. The summed E-state index contributed by atoms with van der Waals surface area (Å²) in [6, 6.07) is -1.21. The quantitative estimate of drug-likeness (QED) is 0.473. The molecule has 2 aliphatic heterocycles. The molecule has 0 spiro atoms. The number of halogens is 1. The Morgan fingerprint density at radius 1 is 1.17 bits per heavy atom. The Bertz CT molecular complexity index is 726. The van der Waals surface area contributed by atoms with Gasteiger partial charge in [-0.1, -0.05) is 0 Å². The summed E-state index contributed by atoms with van der Waals surface area (Å²) < 4.78 is 33.8. The van der Waals surface area contributed by atoms with Gasteiger partial charge >= 0.3 is 5.97 Å². The lowest BCUT2D eigenvalue weighted by atomic mass is 10.00. The molecule has 2 heterocycles. The largest absolute Gasteiger partial charge is 0.468 e. The zero-order valence-electron chi connectivity index (χ0n) is 17.9. The monoisotopic (exact) mass is 463 g/mol. The van der Waals surface area contributed by atoms with E-state index < -0.39 is 21.3 Å². The number of nitrogens with zero attached hydrogens (tertiary/aromatic N) is 2. The van der Waals surface area contributed by atoms with Crippen LogP contribution in [0.5, 0.6) is 0 Å². The lowest BCUT2D eigenvalue weighted by Crippen LogP contribution is -2.55. The van der Waals surface area contributed by atoms with Gasteiger partial charge in [-0.2, -0.15) is 4.31 Å². The van der Waals surface area contributed by atoms with Gasteiger partial charge in [-0.05, 0) is 64.8 Å². The highest BCUT2D eigenvalue weighted by Gasteiger charge is 2.45. The number of rotatable bonds is 6. The van der Waals surface area contributed by atoms with Crippen molar-refractivity contribution in [2.45, 2.75) is 86.5 Å². The van der Waals surface area contributed by atoms with Crippen molar-refractivity contribution in [2.24, 2.45) is 0 Å². The molecule has 0 radical (unpaired) electrons. The minimum atomic E-state index is -3.68. The topological polar surface area (TPSA) is 96.0 Å². The summed E-state index contributed by atoms with van der Waals surface area (Å²) in [7, 11) is -0.486. The molecular formula is C20H34ClN3O5S. The first-order valence-electron chi connectivity index (χ1n) is 11.0. The van der Waals surface area contributed by atoms with E-state index in [1.54, 1.807) is 0 Å². The second kappa shape index (κ2) is 10.1. The van der Waals surface area contributed by atoms with E-state index in [0.717, 1.165) is 12.8 Å². The first kappa shape index (κ1) is 23.8. The number of sulfonamides is 1. The molecule has 3 rings (SSSR count). The van der Waals surface area contributed by atoms with Gasteiger partial charge in [-0.15, -0.1) is 11.6 Å². The Kier molecular flexibility index (Phi) is 8.03. The highest BCUT2D eigenvalue weighted by Crippen LogP contribution is 2.33. The zero-order valence-corrected chi connectivity index (χ0v) is 19.5. The second-order valence-corrected chi connectivity index (χ2v) is 11.5. The number of carbonyl (C=O) groups is 2. The molecule has 1 amide bonds. The number of likely N-dealkylation sites (N-methyl/N-ethyl adjacent to an activating group) is 1. The van der Waals surface area contributed by atoms with E-state index in [4.69, 9.17) is 16.3 Å². The first-order valence-corrected chi connectivity index (χ1v) is 12.9. The Labute approximate surface area is 184 Å². The van der Waals surface area contributed by atoms with E-state index in [1.807, 2.05) is 11.9 Å². The summed E-state index contributed by atoms with van der Waals surface area (Å²) in [4.78, 5) is 26.7. The van der Waals surface area contributed by atoms with Gasteiger partial charge in [0.15, 0.2) is 0 Å². The summed E-state index contributed by atoms with van der Waals surface area (Å²) in [6.45, 7) is 0.791. The van der Waals surface area contributed by atoms with Crippen molar-refractivity contribution in [1.82, 2.24) is 14.5 Å². The van der Waals surface area contributed by atoms with E-state index in [-0.39, 0.29) is 35.9 Å². The molecule has 3 aliphatic rings. The number of hydrogen-bond acceptors (Lipinski definition) is 6. The molecule has 0 bridgehead atoms.